The molecule has 1 amide bonds. The van der Waals surface area contributed by atoms with Crippen LogP contribution < -0.4 is 10.6 Å². The normalized spacial score (nSPS) is 20.3. The Kier molecular flexibility index (Phi) is 4.29. The van der Waals surface area contributed by atoms with Crippen molar-refractivity contribution in [3.8, 4) is 0 Å². The van der Waals surface area contributed by atoms with Gasteiger partial charge >= 0.3 is 6.18 Å². The summed E-state index contributed by atoms with van der Waals surface area (Å²) in [6.45, 7) is 0.643. The number of hydrogen-bond donors (Lipinski definition) is 1. The van der Waals surface area contributed by atoms with Crippen molar-refractivity contribution >= 4 is 11.6 Å². The summed E-state index contributed by atoms with van der Waals surface area (Å²) in [4.78, 5) is 13.4. The molecule has 0 aromatic heterocycles. The Labute approximate surface area is 114 Å². The van der Waals surface area contributed by atoms with Gasteiger partial charge in [0.1, 0.15) is 6.61 Å². The van der Waals surface area contributed by atoms with Crippen molar-refractivity contribution in [2.24, 2.45) is 5.73 Å². The number of nitrogens with zero attached hydrogens (tertiary/aromatic N) is 1. The molecule has 1 aliphatic rings. The maximum absolute atomic E-state index is 12.5. The fourth-order valence-electron chi connectivity index (χ4n) is 2.20. The zero-order valence-electron chi connectivity index (χ0n) is 10.7. The average Bonchev–Trinajstić information content (AvgIpc) is 2.38. The van der Waals surface area contributed by atoms with E-state index in [0.29, 0.717) is 25.3 Å². The van der Waals surface area contributed by atoms with Crippen LogP contribution in [0, 0.1) is 0 Å². The predicted octanol–water partition coefficient (Wildman–Crippen LogP) is 1.79. The zero-order valence-corrected chi connectivity index (χ0v) is 10.7. The lowest BCUT2D eigenvalue weighted by atomic mass is 10.1. The summed E-state index contributed by atoms with van der Waals surface area (Å²) < 4.78 is 42.7. The number of amides is 1. The number of morpholine rings is 1. The Balaban J connectivity index is 2.25. The first-order chi connectivity index (χ1) is 9.43. The predicted molar refractivity (Wildman–Crippen MR) is 67.2 cm³/mol. The first-order valence-electron chi connectivity index (χ1n) is 6.20. The van der Waals surface area contributed by atoms with E-state index in [0.717, 1.165) is 12.1 Å². The minimum absolute atomic E-state index is 0.0674. The van der Waals surface area contributed by atoms with Crippen molar-refractivity contribution in [3.05, 3.63) is 29.8 Å². The Morgan fingerprint density at radius 3 is 2.50 bits per heavy atom. The third-order valence-corrected chi connectivity index (χ3v) is 3.14. The molecule has 1 atom stereocenters. The minimum Gasteiger partial charge on any atom is -0.369 e. The number of anilines is 1. The van der Waals surface area contributed by atoms with Gasteiger partial charge in [-0.1, -0.05) is 0 Å². The van der Waals surface area contributed by atoms with Crippen LogP contribution in [0.5, 0.6) is 0 Å². The van der Waals surface area contributed by atoms with Crippen LogP contribution in [0.3, 0.4) is 0 Å². The maximum atomic E-state index is 12.5. The molecular formula is C13H15F3N2O2. The molecule has 2 rings (SSSR count). The fraction of sp³-hybridized carbons (Fsp3) is 0.462. The average molecular weight is 288 g/mol. The lowest BCUT2D eigenvalue weighted by Gasteiger charge is -2.35. The Morgan fingerprint density at radius 2 is 1.95 bits per heavy atom. The fourth-order valence-corrected chi connectivity index (χ4v) is 2.20. The number of rotatable bonds is 3. The van der Waals surface area contributed by atoms with E-state index in [1.54, 1.807) is 0 Å². The second-order valence-corrected chi connectivity index (χ2v) is 4.55. The molecular weight excluding hydrogens is 273 g/mol. The van der Waals surface area contributed by atoms with Gasteiger partial charge in [0, 0.05) is 5.69 Å². The molecule has 20 heavy (non-hydrogen) atoms. The van der Waals surface area contributed by atoms with E-state index in [1.807, 2.05) is 0 Å². The number of nitrogens with two attached hydrogens (primary N) is 1. The molecule has 1 heterocycles. The second-order valence-electron chi connectivity index (χ2n) is 4.55. The summed E-state index contributed by atoms with van der Waals surface area (Å²) in [6, 6.07) is 4.30. The summed E-state index contributed by atoms with van der Waals surface area (Å²) in [6.07, 6.45) is -3.85. The molecule has 1 fully saturated rings. The monoisotopic (exact) mass is 288 g/mol. The number of benzene rings is 1. The van der Waals surface area contributed by atoms with Gasteiger partial charge in [0.05, 0.1) is 18.2 Å². The van der Waals surface area contributed by atoms with Gasteiger partial charge in [0.2, 0.25) is 0 Å². The SMILES string of the molecule is NCCC1COCC(=O)N1c1ccc(C(F)(F)F)cc1. The minimum atomic E-state index is -4.38. The van der Waals surface area contributed by atoms with Crippen molar-refractivity contribution in [2.75, 3.05) is 24.7 Å². The van der Waals surface area contributed by atoms with Crippen LogP contribution in [0.4, 0.5) is 18.9 Å². The highest BCUT2D eigenvalue weighted by atomic mass is 19.4. The van der Waals surface area contributed by atoms with Crippen molar-refractivity contribution in [1.29, 1.82) is 0 Å². The first kappa shape index (κ1) is 14.8. The van der Waals surface area contributed by atoms with Crippen LogP contribution in [-0.4, -0.2) is 31.7 Å². The Morgan fingerprint density at radius 1 is 1.30 bits per heavy atom. The van der Waals surface area contributed by atoms with E-state index in [1.165, 1.54) is 17.0 Å². The van der Waals surface area contributed by atoms with E-state index in [-0.39, 0.29) is 18.6 Å². The maximum Gasteiger partial charge on any atom is 0.416 e. The van der Waals surface area contributed by atoms with Crippen molar-refractivity contribution < 1.29 is 22.7 Å². The molecule has 0 saturated carbocycles. The molecule has 110 valence electrons. The highest BCUT2D eigenvalue weighted by Gasteiger charge is 2.32. The highest BCUT2D eigenvalue weighted by molar-refractivity contribution is 5.95. The van der Waals surface area contributed by atoms with Gasteiger partial charge in [-0.2, -0.15) is 13.2 Å². The summed E-state index contributed by atoms with van der Waals surface area (Å²) in [7, 11) is 0. The molecule has 0 aliphatic carbocycles. The van der Waals surface area contributed by atoms with Crippen LogP contribution in [-0.2, 0) is 15.7 Å². The van der Waals surface area contributed by atoms with Crippen molar-refractivity contribution in [1.82, 2.24) is 0 Å². The lowest BCUT2D eigenvalue weighted by Crippen LogP contribution is -2.50. The van der Waals surface area contributed by atoms with Gasteiger partial charge in [-0.3, -0.25) is 4.79 Å². The third-order valence-electron chi connectivity index (χ3n) is 3.14. The van der Waals surface area contributed by atoms with E-state index in [4.69, 9.17) is 10.5 Å². The van der Waals surface area contributed by atoms with Crippen LogP contribution >= 0.6 is 0 Å². The van der Waals surface area contributed by atoms with E-state index in [2.05, 4.69) is 0 Å². The van der Waals surface area contributed by atoms with E-state index < -0.39 is 11.7 Å². The quantitative estimate of drug-likeness (QED) is 0.922. The standard InChI is InChI=1S/C13H15F3N2O2/c14-13(15,16)9-1-3-10(4-2-9)18-11(5-6-17)7-20-8-12(18)19/h1-4,11H,5-8,17H2. The molecule has 1 aromatic rings. The molecule has 0 spiro atoms. The van der Waals surface area contributed by atoms with E-state index in [9.17, 15) is 18.0 Å². The van der Waals surface area contributed by atoms with Crippen LogP contribution in [0.1, 0.15) is 12.0 Å². The zero-order chi connectivity index (χ0) is 14.8. The first-order valence-corrected chi connectivity index (χ1v) is 6.20. The largest absolute Gasteiger partial charge is 0.416 e. The molecule has 1 saturated heterocycles. The van der Waals surface area contributed by atoms with Crippen molar-refractivity contribution in [2.45, 2.75) is 18.6 Å². The molecule has 1 unspecified atom stereocenters. The topological polar surface area (TPSA) is 55.6 Å². The number of halogens is 3. The molecule has 1 aromatic carbocycles. The van der Waals surface area contributed by atoms with Crippen LogP contribution in [0.2, 0.25) is 0 Å². The lowest BCUT2D eigenvalue weighted by molar-refractivity contribution is -0.137. The Bertz CT molecular complexity index is 471. The Hall–Kier alpha value is -1.60. The third kappa shape index (κ3) is 3.10. The molecule has 0 radical (unpaired) electrons. The molecule has 2 N–H and O–H groups in total. The summed E-state index contributed by atoms with van der Waals surface area (Å²) in [5.74, 6) is -0.269. The molecule has 4 nitrogen and oxygen atoms in total. The van der Waals surface area contributed by atoms with Gasteiger partial charge in [-0.05, 0) is 37.2 Å². The summed E-state index contributed by atoms with van der Waals surface area (Å²) in [5.41, 5.74) is 5.18. The van der Waals surface area contributed by atoms with E-state index >= 15 is 0 Å². The highest BCUT2D eigenvalue weighted by Crippen LogP contribution is 2.31. The van der Waals surface area contributed by atoms with Gasteiger partial charge in [0.25, 0.3) is 5.91 Å². The summed E-state index contributed by atoms with van der Waals surface area (Å²) in [5, 5.41) is 0. The number of alkyl halides is 3. The van der Waals surface area contributed by atoms with Gasteiger partial charge in [0.15, 0.2) is 0 Å². The second kappa shape index (κ2) is 5.80. The molecule has 0 bridgehead atoms. The number of ether oxygens (including phenoxy) is 1. The number of hydrogen-bond acceptors (Lipinski definition) is 3. The summed E-state index contributed by atoms with van der Waals surface area (Å²) >= 11 is 0. The van der Waals surface area contributed by atoms with Gasteiger partial charge < -0.3 is 15.4 Å². The van der Waals surface area contributed by atoms with Gasteiger partial charge in [-0.15, -0.1) is 0 Å². The van der Waals surface area contributed by atoms with Crippen LogP contribution in [0.15, 0.2) is 24.3 Å². The van der Waals surface area contributed by atoms with Gasteiger partial charge in [-0.25, -0.2) is 0 Å². The van der Waals surface area contributed by atoms with Crippen molar-refractivity contribution in [3.63, 3.8) is 0 Å². The van der Waals surface area contributed by atoms with Crippen LogP contribution in [0.25, 0.3) is 0 Å². The number of carbonyl (C=O) groups is 1. The molecule has 1 aliphatic heterocycles. The molecule has 7 heteroatoms. The number of carbonyl (C=O) groups excluding carboxylic acids is 1. The smallest absolute Gasteiger partial charge is 0.369 e.